The van der Waals surface area contributed by atoms with E-state index in [1.807, 2.05) is 72.8 Å². The zero-order valence-electron chi connectivity index (χ0n) is 21.3. The largest absolute Gasteiger partial charge is 0.461 e. The van der Waals surface area contributed by atoms with Crippen molar-refractivity contribution >= 4 is 28.6 Å². The molecule has 4 rings (SSSR count). The van der Waals surface area contributed by atoms with Crippen molar-refractivity contribution in [3.05, 3.63) is 120 Å². The van der Waals surface area contributed by atoms with Crippen molar-refractivity contribution in [3.63, 3.8) is 0 Å². The molecule has 4 N–H and O–H groups in total. The molecule has 4 aromatic carbocycles. The summed E-state index contributed by atoms with van der Waals surface area (Å²) in [5.41, 5.74) is 8.37. The second-order valence-electron chi connectivity index (χ2n) is 9.20. The van der Waals surface area contributed by atoms with Gasteiger partial charge in [0.25, 0.3) is 0 Å². The highest BCUT2D eigenvalue weighted by Crippen LogP contribution is 2.18. The summed E-state index contributed by atoms with van der Waals surface area (Å²) >= 11 is 0. The Balaban J connectivity index is 1.39. The van der Waals surface area contributed by atoms with Crippen LogP contribution < -0.4 is 16.4 Å². The Bertz CT molecular complexity index is 1420. The first-order valence-corrected chi connectivity index (χ1v) is 12.6. The van der Waals surface area contributed by atoms with E-state index in [2.05, 4.69) is 10.6 Å². The lowest BCUT2D eigenvalue weighted by Gasteiger charge is -2.21. The van der Waals surface area contributed by atoms with Gasteiger partial charge in [0, 0.05) is 13.0 Å². The lowest BCUT2D eigenvalue weighted by atomic mass is 10.0. The van der Waals surface area contributed by atoms with Crippen LogP contribution in [-0.4, -0.2) is 29.9 Å². The summed E-state index contributed by atoms with van der Waals surface area (Å²) in [6.07, 6.45) is -0.238. The molecule has 0 aliphatic rings. The van der Waals surface area contributed by atoms with Crippen molar-refractivity contribution in [2.24, 2.45) is 5.73 Å². The minimum atomic E-state index is -1.21. The number of carbonyl (C=O) groups excluding carboxylic acids is 3. The van der Waals surface area contributed by atoms with E-state index in [4.69, 9.17) is 10.5 Å². The fourth-order valence-corrected chi connectivity index (χ4v) is 4.17. The van der Waals surface area contributed by atoms with Gasteiger partial charge in [-0.1, -0.05) is 84.9 Å². The summed E-state index contributed by atoms with van der Waals surface area (Å²) in [6, 6.07) is 26.3. The molecule has 0 saturated carbocycles. The van der Waals surface area contributed by atoms with Crippen LogP contribution in [0, 0.1) is 5.82 Å². The van der Waals surface area contributed by atoms with Crippen LogP contribution in [-0.2, 0) is 38.7 Å². The summed E-state index contributed by atoms with van der Waals surface area (Å²) in [7, 11) is 0. The molecule has 7 nitrogen and oxygen atoms in total. The van der Waals surface area contributed by atoms with Crippen LogP contribution in [0.4, 0.5) is 4.39 Å². The lowest BCUT2D eigenvalue weighted by molar-refractivity contribution is -0.146. The van der Waals surface area contributed by atoms with Crippen molar-refractivity contribution in [1.82, 2.24) is 10.6 Å². The molecule has 4 aromatic rings. The SMILES string of the molecule is NC(CC(=O)OCc1ccccc1)C(=O)NC(Cc1ccc(F)cc1)C(=O)NCc1cccc2ccccc12. The molecular weight excluding hydrogens is 497 g/mol. The van der Waals surface area contributed by atoms with E-state index < -0.39 is 35.7 Å². The van der Waals surface area contributed by atoms with Gasteiger partial charge in [-0.2, -0.15) is 0 Å². The summed E-state index contributed by atoms with van der Waals surface area (Å²) in [6.45, 7) is 0.311. The van der Waals surface area contributed by atoms with E-state index in [1.54, 1.807) is 12.1 Å². The van der Waals surface area contributed by atoms with Gasteiger partial charge in [-0.25, -0.2) is 4.39 Å². The average Bonchev–Trinajstić information content (AvgIpc) is 2.96. The molecule has 200 valence electrons. The predicted molar refractivity (Wildman–Crippen MR) is 147 cm³/mol. The molecule has 0 bridgehead atoms. The summed E-state index contributed by atoms with van der Waals surface area (Å²) in [5.74, 6) is -2.13. The fraction of sp³-hybridized carbons (Fsp3) is 0.194. The molecule has 0 aliphatic heterocycles. The molecule has 0 radical (unpaired) electrons. The number of benzene rings is 4. The first-order valence-electron chi connectivity index (χ1n) is 12.6. The topological polar surface area (TPSA) is 111 Å². The number of fused-ring (bicyclic) bond motifs is 1. The first kappa shape index (κ1) is 27.5. The number of nitrogens with one attached hydrogen (secondary N) is 2. The normalized spacial score (nSPS) is 12.4. The molecule has 0 aromatic heterocycles. The molecule has 0 spiro atoms. The Morgan fingerprint density at radius 2 is 1.49 bits per heavy atom. The van der Waals surface area contributed by atoms with Gasteiger partial charge in [0.05, 0.1) is 12.5 Å². The smallest absolute Gasteiger partial charge is 0.308 e. The second kappa shape index (κ2) is 13.3. The van der Waals surface area contributed by atoms with Gasteiger partial charge < -0.3 is 21.1 Å². The number of hydrogen-bond acceptors (Lipinski definition) is 5. The summed E-state index contributed by atoms with van der Waals surface area (Å²) in [4.78, 5) is 38.4. The number of halogens is 1. The van der Waals surface area contributed by atoms with Crippen molar-refractivity contribution in [1.29, 1.82) is 0 Å². The predicted octanol–water partition coefficient (Wildman–Crippen LogP) is 3.78. The Morgan fingerprint density at radius 3 is 2.26 bits per heavy atom. The van der Waals surface area contributed by atoms with Crippen LogP contribution in [0.5, 0.6) is 0 Å². The summed E-state index contributed by atoms with van der Waals surface area (Å²) < 4.78 is 18.6. The highest BCUT2D eigenvalue weighted by atomic mass is 19.1. The molecule has 2 amide bonds. The van der Waals surface area contributed by atoms with Gasteiger partial charge in [0.2, 0.25) is 11.8 Å². The highest BCUT2D eigenvalue weighted by Gasteiger charge is 2.26. The Labute approximate surface area is 226 Å². The Kier molecular flexibility index (Phi) is 9.37. The number of carbonyl (C=O) groups is 3. The number of hydrogen-bond donors (Lipinski definition) is 3. The minimum Gasteiger partial charge on any atom is -0.461 e. The molecule has 8 heteroatoms. The standard InChI is InChI=1S/C31H30FN3O4/c32-25-15-13-21(14-16-25)17-28(31(38)34-19-24-11-6-10-23-9-4-5-12-26(23)24)35-30(37)27(33)18-29(36)39-20-22-7-2-1-3-8-22/h1-16,27-28H,17-20,33H2,(H,34,38)(H,35,37). The van der Waals surface area contributed by atoms with Crippen LogP contribution in [0.3, 0.4) is 0 Å². The fourth-order valence-electron chi connectivity index (χ4n) is 4.17. The maximum Gasteiger partial charge on any atom is 0.308 e. The van der Waals surface area contributed by atoms with Gasteiger partial charge in [-0.3, -0.25) is 14.4 Å². The molecule has 0 heterocycles. The van der Waals surface area contributed by atoms with Crippen molar-refractivity contribution < 1.29 is 23.5 Å². The van der Waals surface area contributed by atoms with Crippen molar-refractivity contribution in [2.75, 3.05) is 0 Å². The van der Waals surface area contributed by atoms with Gasteiger partial charge in [-0.05, 0) is 39.6 Å². The van der Waals surface area contributed by atoms with E-state index >= 15 is 0 Å². The van der Waals surface area contributed by atoms with Crippen LogP contribution in [0.2, 0.25) is 0 Å². The van der Waals surface area contributed by atoms with Crippen molar-refractivity contribution in [3.8, 4) is 0 Å². The van der Waals surface area contributed by atoms with Gasteiger partial charge in [0.1, 0.15) is 18.5 Å². The number of nitrogens with two attached hydrogens (primary N) is 1. The molecule has 2 atom stereocenters. The highest BCUT2D eigenvalue weighted by molar-refractivity contribution is 5.92. The van der Waals surface area contributed by atoms with Gasteiger partial charge in [-0.15, -0.1) is 0 Å². The molecule has 39 heavy (non-hydrogen) atoms. The third-order valence-electron chi connectivity index (χ3n) is 6.29. The molecule has 2 unspecified atom stereocenters. The molecular formula is C31H30FN3O4. The number of esters is 1. The monoisotopic (exact) mass is 527 g/mol. The van der Waals surface area contributed by atoms with E-state index in [1.165, 1.54) is 12.1 Å². The van der Waals surface area contributed by atoms with E-state index in [0.29, 0.717) is 5.56 Å². The van der Waals surface area contributed by atoms with E-state index in [9.17, 15) is 18.8 Å². The Hall–Kier alpha value is -4.56. The number of ether oxygens (including phenoxy) is 1. The average molecular weight is 528 g/mol. The van der Waals surface area contributed by atoms with Crippen LogP contribution >= 0.6 is 0 Å². The van der Waals surface area contributed by atoms with Crippen LogP contribution in [0.25, 0.3) is 10.8 Å². The second-order valence-corrected chi connectivity index (χ2v) is 9.20. The first-order chi connectivity index (χ1) is 18.9. The van der Waals surface area contributed by atoms with E-state index in [-0.39, 0.29) is 26.0 Å². The Morgan fingerprint density at radius 1 is 0.795 bits per heavy atom. The molecule has 0 saturated heterocycles. The number of amides is 2. The maximum atomic E-state index is 13.4. The summed E-state index contributed by atoms with van der Waals surface area (Å²) in [5, 5.41) is 7.60. The number of rotatable bonds is 11. The third kappa shape index (κ3) is 7.96. The van der Waals surface area contributed by atoms with Gasteiger partial charge in [0.15, 0.2) is 0 Å². The quantitative estimate of drug-likeness (QED) is 0.257. The van der Waals surface area contributed by atoms with Gasteiger partial charge >= 0.3 is 5.97 Å². The zero-order chi connectivity index (χ0) is 27.6. The van der Waals surface area contributed by atoms with Crippen molar-refractivity contribution in [2.45, 2.75) is 38.1 Å². The zero-order valence-corrected chi connectivity index (χ0v) is 21.3. The minimum absolute atomic E-state index is 0.0672. The van der Waals surface area contributed by atoms with E-state index in [0.717, 1.165) is 21.9 Å². The third-order valence-corrected chi connectivity index (χ3v) is 6.29. The maximum absolute atomic E-state index is 13.4. The molecule has 0 aliphatic carbocycles. The van der Waals surface area contributed by atoms with Crippen LogP contribution in [0.1, 0.15) is 23.1 Å². The lowest BCUT2D eigenvalue weighted by Crippen LogP contribution is -2.52. The van der Waals surface area contributed by atoms with Crippen LogP contribution in [0.15, 0.2) is 97.1 Å². The molecule has 0 fully saturated rings.